The summed E-state index contributed by atoms with van der Waals surface area (Å²) in [5.41, 5.74) is 0.904. The highest BCUT2D eigenvalue weighted by molar-refractivity contribution is 5.94. The number of nitrogens with one attached hydrogen (secondary N) is 4. The largest absolute Gasteiger partial charge is 0.459 e. The molecule has 1 fully saturated rings. The van der Waals surface area contributed by atoms with Crippen LogP contribution >= 0.6 is 0 Å². The fourth-order valence-corrected chi connectivity index (χ4v) is 5.18. The lowest BCUT2D eigenvalue weighted by Gasteiger charge is -2.29. The van der Waals surface area contributed by atoms with Crippen molar-refractivity contribution in [3.05, 3.63) is 71.8 Å². The standard InChI is InChI=1S/C37H51N5O9/c1-25(39-33(45)30-20-14-22-42(30)36(48)51-37(3,4)5)31(43)41-29(19-12-13-21-38-35(47)50-24-28-17-10-7-11-18-28)32(44)40-26(2)34(46)49-23-27-15-8-6-9-16-27/h6-11,15-18,25-26,29-30H,12-14,19-24H2,1-5H3,(H,38,47)(H,39,45)(H,40,44)(H,41,43)/t25-,26-,29+,30+/m1/s1. The van der Waals surface area contributed by atoms with Crippen molar-refractivity contribution in [2.45, 2.75) is 110 Å². The van der Waals surface area contributed by atoms with E-state index < -0.39 is 65.6 Å². The Labute approximate surface area is 299 Å². The topological polar surface area (TPSA) is 181 Å². The predicted molar refractivity (Wildman–Crippen MR) is 188 cm³/mol. The summed E-state index contributed by atoms with van der Waals surface area (Å²) in [4.78, 5) is 78.6. The second kappa shape index (κ2) is 19.9. The number of alkyl carbamates (subject to hydrolysis) is 1. The average Bonchev–Trinajstić information content (AvgIpc) is 3.60. The molecule has 0 saturated carbocycles. The molecule has 4 N–H and O–H groups in total. The van der Waals surface area contributed by atoms with Crippen LogP contribution in [0, 0.1) is 0 Å². The molecular weight excluding hydrogens is 658 g/mol. The molecule has 1 aliphatic rings. The molecule has 4 atom stereocenters. The number of esters is 1. The molecule has 2 aromatic rings. The predicted octanol–water partition coefficient (Wildman–Crippen LogP) is 3.72. The molecule has 0 aliphatic carbocycles. The minimum absolute atomic E-state index is 0.0321. The van der Waals surface area contributed by atoms with Crippen LogP contribution in [-0.2, 0) is 46.6 Å². The van der Waals surface area contributed by atoms with Crippen molar-refractivity contribution in [1.29, 1.82) is 0 Å². The van der Waals surface area contributed by atoms with Crippen molar-refractivity contribution in [2.24, 2.45) is 0 Å². The smallest absolute Gasteiger partial charge is 0.410 e. The molecule has 1 heterocycles. The van der Waals surface area contributed by atoms with Gasteiger partial charge in [0.05, 0.1) is 0 Å². The number of benzene rings is 2. The van der Waals surface area contributed by atoms with Gasteiger partial charge in [-0.3, -0.25) is 19.3 Å². The maximum atomic E-state index is 13.4. The van der Waals surface area contributed by atoms with Gasteiger partial charge in [-0.15, -0.1) is 0 Å². The van der Waals surface area contributed by atoms with E-state index in [2.05, 4.69) is 21.3 Å². The van der Waals surface area contributed by atoms with Gasteiger partial charge in [-0.25, -0.2) is 14.4 Å². The molecule has 0 aromatic heterocycles. The third kappa shape index (κ3) is 14.3. The molecule has 1 saturated heterocycles. The number of ether oxygens (including phenoxy) is 3. The summed E-state index contributed by atoms with van der Waals surface area (Å²) >= 11 is 0. The number of hydrogen-bond acceptors (Lipinski definition) is 9. The summed E-state index contributed by atoms with van der Waals surface area (Å²) in [5, 5.41) is 10.6. The number of nitrogens with zero attached hydrogens (tertiary/aromatic N) is 1. The molecule has 14 nitrogen and oxygen atoms in total. The lowest BCUT2D eigenvalue weighted by molar-refractivity contribution is -0.148. The summed E-state index contributed by atoms with van der Waals surface area (Å²) in [6, 6.07) is 14.4. The Bertz CT molecular complexity index is 1470. The highest BCUT2D eigenvalue weighted by atomic mass is 16.6. The van der Waals surface area contributed by atoms with Gasteiger partial charge < -0.3 is 35.5 Å². The minimum atomic E-state index is -1.07. The molecule has 0 unspecified atom stereocenters. The van der Waals surface area contributed by atoms with Crippen molar-refractivity contribution < 1.29 is 43.0 Å². The fourth-order valence-electron chi connectivity index (χ4n) is 5.18. The highest BCUT2D eigenvalue weighted by Gasteiger charge is 2.38. The Hall–Kier alpha value is -5.14. The fraction of sp³-hybridized carbons (Fsp3) is 0.514. The molecule has 2 aromatic carbocycles. The van der Waals surface area contributed by atoms with E-state index >= 15 is 0 Å². The number of unbranched alkanes of at least 4 members (excludes halogenated alkanes) is 1. The molecule has 51 heavy (non-hydrogen) atoms. The van der Waals surface area contributed by atoms with E-state index in [0.717, 1.165) is 11.1 Å². The van der Waals surface area contributed by atoms with E-state index in [9.17, 15) is 28.8 Å². The van der Waals surface area contributed by atoms with Gasteiger partial charge in [0, 0.05) is 13.1 Å². The van der Waals surface area contributed by atoms with E-state index in [-0.39, 0.29) is 26.2 Å². The minimum Gasteiger partial charge on any atom is -0.459 e. The zero-order valence-corrected chi connectivity index (χ0v) is 30.1. The van der Waals surface area contributed by atoms with Gasteiger partial charge in [0.15, 0.2) is 0 Å². The second-order valence-electron chi connectivity index (χ2n) is 13.4. The van der Waals surface area contributed by atoms with Crippen molar-refractivity contribution in [3.63, 3.8) is 0 Å². The van der Waals surface area contributed by atoms with Gasteiger partial charge in [-0.05, 0) is 77.8 Å². The number of carbonyl (C=O) groups is 6. The van der Waals surface area contributed by atoms with E-state index in [0.29, 0.717) is 32.2 Å². The second-order valence-corrected chi connectivity index (χ2v) is 13.4. The van der Waals surface area contributed by atoms with E-state index in [4.69, 9.17) is 14.2 Å². The van der Waals surface area contributed by atoms with Crippen LogP contribution in [0.25, 0.3) is 0 Å². The summed E-state index contributed by atoms with van der Waals surface area (Å²) in [6.45, 7) is 8.94. The maximum Gasteiger partial charge on any atom is 0.410 e. The lowest BCUT2D eigenvalue weighted by Crippen LogP contribution is -2.56. The highest BCUT2D eigenvalue weighted by Crippen LogP contribution is 2.21. The zero-order valence-electron chi connectivity index (χ0n) is 30.1. The van der Waals surface area contributed by atoms with Crippen LogP contribution in [0.15, 0.2) is 60.7 Å². The first-order valence-corrected chi connectivity index (χ1v) is 17.3. The molecule has 278 valence electrons. The van der Waals surface area contributed by atoms with Crippen molar-refractivity contribution in [2.75, 3.05) is 13.1 Å². The molecule has 0 radical (unpaired) electrons. The summed E-state index contributed by atoms with van der Waals surface area (Å²) in [5.74, 6) is -2.41. The number of rotatable bonds is 16. The lowest BCUT2D eigenvalue weighted by atomic mass is 10.1. The number of carbonyl (C=O) groups excluding carboxylic acids is 6. The van der Waals surface area contributed by atoms with E-state index in [1.807, 2.05) is 60.7 Å². The number of likely N-dealkylation sites (tertiary alicyclic amines) is 1. The average molecular weight is 710 g/mol. The number of hydrogen-bond donors (Lipinski definition) is 4. The molecule has 14 heteroatoms. The zero-order chi connectivity index (χ0) is 37.4. The van der Waals surface area contributed by atoms with E-state index in [1.165, 1.54) is 18.7 Å². The SMILES string of the molecule is C[C@@H](NC(=O)[C@@H]1CCCN1C(=O)OC(C)(C)C)C(=O)N[C@@H](CCCCNC(=O)OCc1ccccc1)C(=O)N[C@H](C)C(=O)OCc1ccccc1. The molecule has 3 rings (SSSR count). The Morgan fingerprint density at radius 3 is 2.00 bits per heavy atom. The van der Waals surface area contributed by atoms with Gasteiger partial charge in [-0.1, -0.05) is 60.7 Å². The molecule has 0 bridgehead atoms. The van der Waals surface area contributed by atoms with Crippen LogP contribution in [0.5, 0.6) is 0 Å². The molecule has 1 aliphatic heterocycles. The van der Waals surface area contributed by atoms with Crippen molar-refractivity contribution >= 4 is 35.9 Å². The number of amides is 5. The van der Waals surface area contributed by atoms with Crippen LogP contribution in [0.2, 0.25) is 0 Å². The van der Waals surface area contributed by atoms with Crippen LogP contribution in [-0.4, -0.2) is 83.6 Å². The maximum absolute atomic E-state index is 13.4. The van der Waals surface area contributed by atoms with Gasteiger partial charge in [0.1, 0.15) is 43.0 Å². The molecular formula is C37H51N5O9. The quantitative estimate of drug-likeness (QED) is 0.115. The Morgan fingerprint density at radius 1 is 0.784 bits per heavy atom. The first-order chi connectivity index (χ1) is 24.2. The van der Waals surface area contributed by atoms with Gasteiger partial charge in [-0.2, -0.15) is 0 Å². The van der Waals surface area contributed by atoms with Crippen LogP contribution < -0.4 is 21.3 Å². The first-order valence-electron chi connectivity index (χ1n) is 17.3. The Kier molecular flexibility index (Phi) is 15.7. The Morgan fingerprint density at radius 2 is 1.39 bits per heavy atom. The van der Waals surface area contributed by atoms with Gasteiger partial charge >= 0.3 is 18.2 Å². The summed E-state index contributed by atoms with van der Waals surface area (Å²) < 4.78 is 16.0. The third-order valence-corrected chi connectivity index (χ3v) is 7.91. The Balaban J connectivity index is 1.55. The normalized spacial score (nSPS) is 15.8. The monoisotopic (exact) mass is 709 g/mol. The van der Waals surface area contributed by atoms with Crippen LogP contribution in [0.3, 0.4) is 0 Å². The van der Waals surface area contributed by atoms with Crippen molar-refractivity contribution in [1.82, 2.24) is 26.2 Å². The third-order valence-electron chi connectivity index (χ3n) is 7.91. The summed E-state index contributed by atoms with van der Waals surface area (Å²) in [6.07, 6.45) is 0.870. The van der Waals surface area contributed by atoms with Crippen molar-refractivity contribution in [3.8, 4) is 0 Å². The molecule has 0 spiro atoms. The van der Waals surface area contributed by atoms with Gasteiger partial charge in [0.25, 0.3) is 0 Å². The summed E-state index contributed by atoms with van der Waals surface area (Å²) in [7, 11) is 0. The first kappa shape index (κ1) is 40.3. The van der Waals surface area contributed by atoms with Gasteiger partial charge in [0.2, 0.25) is 17.7 Å². The molecule has 5 amide bonds. The van der Waals surface area contributed by atoms with Crippen LogP contribution in [0.4, 0.5) is 9.59 Å². The van der Waals surface area contributed by atoms with E-state index in [1.54, 1.807) is 20.8 Å². The van der Waals surface area contributed by atoms with Crippen LogP contribution in [0.1, 0.15) is 77.8 Å².